The second-order valence-corrected chi connectivity index (χ2v) is 6.70. The van der Waals surface area contributed by atoms with E-state index < -0.39 is 0 Å². The van der Waals surface area contributed by atoms with Crippen LogP contribution < -0.4 is 4.74 Å². The van der Waals surface area contributed by atoms with Crippen molar-refractivity contribution in [2.45, 2.75) is 25.6 Å². The average molecular weight is 362 g/mol. The molecule has 0 N–H and O–H groups in total. The third kappa shape index (κ3) is 4.29. The van der Waals surface area contributed by atoms with E-state index in [1.165, 1.54) is 0 Å². The van der Waals surface area contributed by atoms with Crippen molar-refractivity contribution in [1.29, 1.82) is 0 Å². The Kier molecular flexibility index (Phi) is 5.35. The average Bonchev–Trinajstić information content (AvgIpc) is 3.24. The van der Waals surface area contributed by atoms with E-state index >= 15 is 0 Å². The van der Waals surface area contributed by atoms with Gasteiger partial charge >= 0.3 is 5.97 Å². The minimum atomic E-state index is -0.313. The molecular weight excluding hydrogens is 340 g/mol. The van der Waals surface area contributed by atoms with Crippen LogP contribution in [0, 0.1) is 0 Å². The molecule has 4 nitrogen and oxygen atoms in total. The van der Waals surface area contributed by atoms with Gasteiger partial charge in [-0.15, -0.1) is 0 Å². The molecular formula is C23H22O4. The normalized spacial score (nSPS) is 16.4. The van der Waals surface area contributed by atoms with Gasteiger partial charge in [-0.3, -0.25) is 0 Å². The molecule has 138 valence electrons. The zero-order valence-electron chi connectivity index (χ0n) is 15.1. The summed E-state index contributed by atoms with van der Waals surface area (Å²) in [5.74, 6) is 0.542. The predicted octanol–water partition coefficient (Wildman–Crippen LogP) is 4.75. The van der Waals surface area contributed by atoms with Crippen LogP contribution in [0.4, 0.5) is 0 Å². The number of rotatable bonds is 6. The molecule has 1 saturated heterocycles. The van der Waals surface area contributed by atoms with Crippen molar-refractivity contribution in [1.82, 2.24) is 0 Å². The number of carbonyl (C=O) groups excluding carboxylic acids is 1. The molecule has 1 aliphatic heterocycles. The second-order valence-electron chi connectivity index (χ2n) is 6.70. The Morgan fingerprint density at radius 3 is 2.63 bits per heavy atom. The number of esters is 1. The number of ether oxygens (including phenoxy) is 3. The number of carbonyl (C=O) groups is 1. The van der Waals surface area contributed by atoms with Crippen molar-refractivity contribution in [3.8, 4) is 5.75 Å². The van der Waals surface area contributed by atoms with Gasteiger partial charge in [0.2, 0.25) is 0 Å². The van der Waals surface area contributed by atoms with E-state index in [1.54, 1.807) is 12.1 Å². The fourth-order valence-electron chi connectivity index (χ4n) is 3.25. The Bertz CT molecular complexity index is 906. The monoisotopic (exact) mass is 362 g/mol. The lowest BCUT2D eigenvalue weighted by Gasteiger charge is -2.11. The summed E-state index contributed by atoms with van der Waals surface area (Å²) >= 11 is 0. The summed E-state index contributed by atoms with van der Waals surface area (Å²) < 4.78 is 16.8. The van der Waals surface area contributed by atoms with Gasteiger partial charge in [0.1, 0.15) is 19.0 Å². The quantitative estimate of drug-likeness (QED) is 0.593. The Balaban J connectivity index is 1.35. The summed E-state index contributed by atoms with van der Waals surface area (Å²) in [5.41, 5.74) is 1.54. The van der Waals surface area contributed by atoms with Gasteiger partial charge < -0.3 is 14.2 Å². The van der Waals surface area contributed by atoms with E-state index in [1.807, 2.05) is 36.4 Å². The summed E-state index contributed by atoms with van der Waals surface area (Å²) in [6.45, 7) is 1.53. The Morgan fingerprint density at radius 1 is 1.00 bits per heavy atom. The van der Waals surface area contributed by atoms with Crippen LogP contribution in [-0.2, 0) is 16.1 Å². The molecule has 0 aliphatic carbocycles. The van der Waals surface area contributed by atoms with Gasteiger partial charge in [-0.1, -0.05) is 48.5 Å². The molecule has 1 atom stereocenters. The van der Waals surface area contributed by atoms with Crippen LogP contribution >= 0.6 is 0 Å². The fraction of sp³-hybridized carbons (Fsp3) is 0.261. The predicted molar refractivity (Wildman–Crippen MR) is 104 cm³/mol. The van der Waals surface area contributed by atoms with Crippen LogP contribution in [0.2, 0.25) is 0 Å². The largest absolute Gasteiger partial charge is 0.488 e. The number of benzene rings is 3. The lowest BCUT2D eigenvalue weighted by atomic mass is 10.1. The molecule has 0 spiro atoms. The number of hydrogen-bond donors (Lipinski definition) is 0. The van der Waals surface area contributed by atoms with E-state index in [0.29, 0.717) is 18.8 Å². The molecule has 3 aromatic carbocycles. The second kappa shape index (κ2) is 8.23. The molecule has 0 radical (unpaired) electrons. The highest BCUT2D eigenvalue weighted by Crippen LogP contribution is 2.26. The smallest absolute Gasteiger partial charge is 0.338 e. The van der Waals surface area contributed by atoms with Gasteiger partial charge in [0.25, 0.3) is 0 Å². The molecule has 1 fully saturated rings. The Labute approximate surface area is 158 Å². The summed E-state index contributed by atoms with van der Waals surface area (Å²) in [6, 6.07) is 21.5. The summed E-state index contributed by atoms with van der Waals surface area (Å²) in [7, 11) is 0. The zero-order chi connectivity index (χ0) is 18.5. The maximum absolute atomic E-state index is 12.1. The van der Waals surface area contributed by atoms with Gasteiger partial charge in [-0.2, -0.15) is 0 Å². The zero-order valence-corrected chi connectivity index (χ0v) is 15.1. The maximum atomic E-state index is 12.1. The minimum absolute atomic E-state index is 0.0438. The van der Waals surface area contributed by atoms with Gasteiger partial charge in [0, 0.05) is 12.0 Å². The molecule has 0 amide bonds. The highest BCUT2D eigenvalue weighted by Gasteiger charge is 2.18. The van der Waals surface area contributed by atoms with Crippen molar-refractivity contribution in [2.24, 2.45) is 0 Å². The van der Waals surface area contributed by atoms with Gasteiger partial charge in [0.05, 0.1) is 11.7 Å². The topological polar surface area (TPSA) is 44.8 Å². The summed E-state index contributed by atoms with van der Waals surface area (Å²) in [5, 5.41) is 2.24. The first-order valence-electron chi connectivity index (χ1n) is 9.28. The van der Waals surface area contributed by atoms with E-state index in [-0.39, 0.29) is 12.1 Å². The van der Waals surface area contributed by atoms with Crippen LogP contribution in [0.15, 0.2) is 66.7 Å². The molecule has 4 rings (SSSR count). The molecule has 0 bridgehead atoms. The molecule has 4 heteroatoms. The van der Waals surface area contributed by atoms with Gasteiger partial charge in [0.15, 0.2) is 0 Å². The first-order chi connectivity index (χ1) is 13.3. The van der Waals surface area contributed by atoms with Crippen molar-refractivity contribution in [3.63, 3.8) is 0 Å². The Hall–Kier alpha value is -2.85. The van der Waals surface area contributed by atoms with Crippen molar-refractivity contribution >= 4 is 16.7 Å². The number of fused-ring (bicyclic) bond motifs is 1. The Morgan fingerprint density at radius 2 is 1.81 bits per heavy atom. The van der Waals surface area contributed by atoms with Crippen LogP contribution in [-0.4, -0.2) is 25.3 Å². The lowest BCUT2D eigenvalue weighted by molar-refractivity contribution is 0.0161. The first kappa shape index (κ1) is 17.6. The van der Waals surface area contributed by atoms with E-state index in [0.717, 1.165) is 41.5 Å². The van der Waals surface area contributed by atoms with Crippen molar-refractivity contribution < 1.29 is 19.0 Å². The highest BCUT2D eigenvalue weighted by atomic mass is 16.6. The molecule has 1 aliphatic rings. The van der Waals surface area contributed by atoms with Gasteiger partial charge in [-0.25, -0.2) is 4.79 Å². The van der Waals surface area contributed by atoms with E-state index in [9.17, 15) is 4.79 Å². The number of hydrogen-bond acceptors (Lipinski definition) is 4. The summed E-state index contributed by atoms with van der Waals surface area (Å²) in [4.78, 5) is 12.1. The van der Waals surface area contributed by atoms with Crippen molar-refractivity contribution in [2.75, 3.05) is 13.2 Å². The molecule has 1 unspecified atom stereocenters. The first-order valence-corrected chi connectivity index (χ1v) is 9.28. The summed E-state index contributed by atoms with van der Waals surface area (Å²) in [6.07, 6.45) is 2.04. The van der Waals surface area contributed by atoms with Crippen LogP contribution in [0.3, 0.4) is 0 Å². The van der Waals surface area contributed by atoms with Crippen LogP contribution in [0.5, 0.6) is 5.75 Å². The molecule has 0 saturated carbocycles. The third-order valence-corrected chi connectivity index (χ3v) is 4.76. The molecule has 1 heterocycles. The minimum Gasteiger partial charge on any atom is -0.488 e. The van der Waals surface area contributed by atoms with E-state index in [4.69, 9.17) is 14.2 Å². The van der Waals surface area contributed by atoms with Crippen LogP contribution in [0.1, 0.15) is 28.8 Å². The third-order valence-electron chi connectivity index (χ3n) is 4.76. The highest BCUT2D eigenvalue weighted by molar-refractivity contribution is 5.89. The fourth-order valence-corrected chi connectivity index (χ4v) is 3.25. The lowest BCUT2D eigenvalue weighted by Crippen LogP contribution is -2.17. The molecule has 27 heavy (non-hydrogen) atoms. The van der Waals surface area contributed by atoms with E-state index in [2.05, 4.69) is 18.2 Å². The molecule has 0 aromatic heterocycles. The van der Waals surface area contributed by atoms with Gasteiger partial charge in [-0.05, 0) is 42.0 Å². The van der Waals surface area contributed by atoms with Crippen molar-refractivity contribution in [3.05, 3.63) is 77.9 Å². The standard InChI is InChI=1S/C23H22O4/c24-23(27-16-20-7-4-14-25-20)19-12-10-17(11-13-19)15-26-22-9-3-6-18-5-1-2-8-21(18)22/h1-3,5-6,8-13,20H,4,7,14-16H2. The van der Waals surface area contributed by atoms with Crippen LogP contribution in [0.25, 0.3) is 10.8 Å². The molecule has 3 aromatic rings. The maximum Gasteiger partial charge on any atom is 0.338 e. The SMILES string of the molecule is O=C(OCC1CCCO1)c1ccc(COc2cccc3ccccc23)cc1.